The van der Waals surface area contributed by atoms with Gasteiger partial charge in [0.2, 0.25) is 0 Å². The average Bonchev–Trinajstić information content (AvgIpc) is 2.46. The highest BCUT2D eigenvalue weighted by molar-refractivity contribution is 7.87. The van der Waals surface area contributed by atoms with Gasteiger partial charge in [0.15, 0.2) is 0 Å². The first-order valence-corrected chi connectivity index (χ1v) is 8.05. The summed E-state index contributed by atoms with van der Waals surface area (Å²) in [6, 6.07) is 7.54. The fraction of sp³-hybridized carbons (Fsp3) is 0.462. The number of nitro groups is 1. The van der Waals surface area contributed by atoms with E-state index in [1.807, 2.05) is 6.07 Å². The van der Waals surface area contributed by atoms with Gasteiger partial charge in [0.25, 0.3) is 15.9 Å². The molecular formula is C13H18N4O4S. The lowest BCUT2D eigenvalue weighted by atomic mass is 10.1. The van der Waals surface area contributed by atoms with Crippen molar-refractivity contribution in [3.8, 4) is 6.07 Å². The van der Waals surface area contributed by atoms with E-state index in [1.54, 1.807) is 19.1 Å². The second-order valence-corrected chi connectivity index (χ2v) is 6.62. The summed E-state index contributed by atoms with van der Waals surface area (Å²) in [4.78, 5) is 10.2. The van der Waals surface area contributed by atoms with Crippen LogP contribution in [0, 0.1) is 21.4 Å². The van der Waals surface area contributed by atoms with Gasteiger partial charge in [-0.25, -0.2) is 4.72 Å². The van der Waals surface area contributed by atoms with Gasteiger partial charge in [0.1, 0.15) is 0 Å². The quantitative estimate of drug-likeness (QED) is 0.569. The Balaban J connectivity index is 2.61. The van der Waals surface area contributed by atoms with Gasteiger partial charge >= 0.3 is 0 Å². The molecule has 0 heterocycles. The zero-order chi connectivity index (χ0) is 16.8. The Morgan fingerprint density at radius 2 is 2.18 bits per heavy atom. The monoisotopic (exact) mass is 326 g/mol. The van der Waals surface area contributed by atoms with Crippen LogP contribution < -0.4 is 4.72 Å². The van der Waals surface area contributed by atoms with Crippen LogP contribution in [-0.4, -0.2) is 37.3 Å². The van der Waals surface area contributed by atoms with Crippen molar-refractivity contribution < 1.29 is 13.3 Å². The van der Waals surface area contributed by atoms with Crippen LogP contribution in [0.1, 0.15) is 18.9 Å². The molecule has 0 saturated carbocycles. The maximum absolute atomic E-state index is 12.0. The topological polar surface area (TPSA) is 116 Å². The molecule has 0 spiro atoms. The van der Waals surface area contributed by atoms with Crippen LogP contribution in [0.15, 0.2) is 24.3 Å². The van der Waals surface area contributed by atoms with Crippen molar-refractivity contribution in [3.63, 3.8) is 0 Å². The number of nitrogens with one attached hydrogen (secondary N) is 1. The standard InChI is InChI=1S/C13H18N4O4S/c1-11(6-8-14)16(2)22(20,21)15-9-7-12-4-3-5-13(10-12)17(18)19/h3-5,10-11,15H,6-7,9H2,1-2H3/t11-/m1/s1. The van der Waals surface area contributed by atoms with Crippen molar-refractivity contribution in [2.75, 3.05) is 13.6 Å². The molecule has 0 saturated heterocycles. The lowest BCUT2D eigenvalue weighted by Crippen LogP contribution is -2.43. The van der Waals surface area contributed by atoms with Gasteiger partial charge in [0, 0.05) is 31.8 Å². The first kappa shape index (κ1) is 18.0. The van der Waals surface area contributed by atoms with Crippen LogP contribution in [0.2, 0.25) is 0 Å². The lowest BCUT2D eigenvalue weighted by molar-refractivity contribution is -0.384. The van der Waals surface area contributed by atoms with Crippen LogP contribution >= 0.6 is 0 Å². The molecule has 120 valence electrons. The number of non-ortho nitro benzene ring substituents is 1. The van der Waals surface area contributed by atoms with Gasteiger partial charge < -0.3 is 0 Å². The van der Waals surface area contributed by atoms with E-state index in [4.69, 9.17) is 5.26 Å². The Labute approximate surface area is 129 Å². The fourth-order valence-corrected chi connectivity index (χ4v) is 2.86. The highest BCUT2D eigenvalue weighted by atomic mass is 32.2. The maximum atomic E-state index is 12.0. The van der Waals surface area contributed by atoms with E-state index >= 15 is 0 Å². The molecule has 0 radical (unpaired) electrons. The van der Waals surface area contributed by atoms with Crippen LogP contribution in [0.5, 0.6) is 0 Å². The van der Waals surface area contributed by atoms with E-state index in [9.17, 15) is 18.5 Å². The smallest absolute Gasteiger partial charge is 0.258 e. The molecule has 0 aliphatic rings. The van der Waals surface area contributed by atoms with E-state index < -0.39 is 21.2 Å². The normalized spacial score (nSPS) is 12.8. The molecule has 9 heteroatoms. The molecule has 0 aromatic heterocycles. The fourth-order valence-electron chi connectivity index (χ4n) is 1.75. The number of nitriles is 1. The minimum absolute atomic E-state index is 0.0277. The second kappa shape index (κ2) is 7.84. The van der Waals surface area contributed by atoms with Crippen LogP contribution in [0.25, 0.3) is 0 Å². The predicted octanol–water partition coefficient (Wildman–Crippen LogP) is 1.21. The Morgan fingerprint density at radius 3 is 2.77 bits per heavy atom. The summed E-state index contributed by atoms with van der Waals surface area (Å²) in [6.45, 7) is 1.76. The SMILES string of the molecule is C[C@H](CC#N)N(C)S(=O)(=O)NCCc1cccc([N+](=O)[O-])c1. The van der Waals surface area contributed by atoms with Gasteiger partial charge in [-0.2, -0.15) is 18.0 Å². The Morgan fingerprint density at radius 1 is 1.50 bits per heavy atom. The molecule has 1 aromatic rings. The van der Waals surface area contributed by atoms with Crippen LogP contribution in [0.4, 0.5) is 5.69 Å². The van der Waals surface area contributed by atoms with Crippen molar-refractivity contribution >= 4 is 15.9 Å². The molecule has 0 fully saturated rings. The van der Waals surface area contributed by atoms with E-state index in [0.29, 0.717) is 12.0 Å². The van der Waals surface area contributed by atoms with Gasteiger partial charge in [-0.15, -0.1) is 0 Å². The molecule has 0 aliphatic heterocycles. The molecule has 1 atom stereocenters. The molecule has 22 heavy (non-hydrogen) atoms. The number of nitro benzene ring substituents is 1. The zero-order valence-electron chi connectivity index (χ0n) is 12.4. The van der Waals surface area contributed by atoms with Gasteiger partial charge in [0.05, 0.1) is 17.4 Å². The molecule has 1 N–H and O–H groups in total. The van der Waals surface area contributed by atoms with Crippen molar-refractivity contribution in [1.29, 1.82) is 5.26 Å². The number of nitrogens with zero attached hydrogens (tertiary/aromatic N) is 3. The molecular weight excluding hydrogens is 308 g/mol. The first-order valence-electron chi connectivity index (χ1n) is 6.61. The molecule has 0 amide bonds. The highest BCUT2D eigenvalue weighted by Gasteiger charge is 2.22. The lowest BCUT2D eigenvalue weighted by Gasteiger charge is -2.22. The maximum Gasteiger partial charge on any atom is 0.279 e. The molecule has 0 unspecified atom stereocenters. The zero-order valence-corrected chi connectivity index (χ0v) is 13.2. The summed E-state index contributed by atoms with van der Waals surface area (Å²) in [5.41, 5.74) is 0.643. The van der Waals surface area contributed by atoms with E-state index in [1.165, 1.54) is 19.2 Å². The summed E-state index contributed by atoms with van der Waals surface area (Å²) in [5.74, 6) is 0. The van der Waals surface area contributed by atoms with E-state index in [2.05, 4.69) is 4.72 Å². The second-order valence-electron chi connectivity index (χ2n) is 4.80. The Bertz CT molecular complexity index is 669. The Kier molecular flexibility index (Phi) is 6.42. The predicted molar refractivity (Wildman–Crippen MR) is 81.2 cm³/mol. The first-order chi connectivity index (χ1) is 10.3. The largest absolute Gasteiger partial charge is 0.279 e. The van der Waals surface area contributed by atoms with Crippen molar-refractivity contribution in [3.05, 3.63) is 39.9 Å². The van der Waals surface area contributed by atoms with Gasteiger partial charge in [-0.1, -0.05) is 12.1 Å². The summed E-state index contributed by atoms with van der Waals surface area (Å²) in [6.07, 6.45) is 0.434. The summed E-state index contributed by atoms with van der Waals surface area (Å²) >= 11 is 0. The molecule has 0 aliphatic carbocycles. The van der Waals surface area contributed by atoms with Crippen LogP contribution in [0.3, 0.4) is 0 Å². The number of benzene rings is 1. The summed E-state index contributed by atoms with van der Waals surface area (Å²) < 4.78 is 27.5. The number of hydrogen-bond acceptors (Lipinski definition) is 5. The minimum atomic E-state index is -3.68. The summed E-state index contributed by atoms with van der Waals surface area (Å²) in [7, 11) is -2.28. The van der Waals surface area contributed by atoms with Gasteiger partial charge in [-0.3, -0.25) is 10.1 Å². The summed E-state index contributed by atoms with van der Waals surface area (Å²) in [5, 5.41) is 19.3. The third-order valence-corrected chi connectivity index (χ3v) is 4.89. The van der Waals surface area contributed by atoms with Crippen LogP contribution in [-0.2, 0) is 16.6 Å². The molecule has 1 rings (SSSR count). The molecule has 0 bridgehead atoms. The van der Waals surface area contributed by atoms with Crippen molar-refractivity contribution in [2.24, 2.45) is 0 Å². The van der Waals surface area contributed by atoms with Crippen molar-refractivity contribution in [2.45, 2.75) is 25.8 Å². The third-order valence-electron chi connectivity index (χ3n) is 3.21. The number of hydrogen-bond donors (Lipinski definition) is 1. The van der Waals surface area contributed by atoms with Gasteiger partial charge in [-0.05, 0) is 18.9 Å². The van der Waals surface area contributed by atoms with Crippen molar-refractivity contribution in [1.82, 2.24) is 9.03 Å². The number of rotatable bonds is 8. The van der Waals surface area contributed by atoms with E-state index in [-0.39, 0.29) is 18.7 Å². The molecule has 8 nitrogen and oxygen atoms in total. The average molecular weight is 326 g/mol. The minimum Gasteiger partial charge on any atom is -0.258 e. The Hall–Kier alpha value is -2.02. The third kappa shape index (κ3) is 5.07. The van der Waals surface area contributed by atoms with E-state index in [0.717, 1.165) is 4.31 Å². The molecule has 1 aromatic carbocycles. The highest BCUT2D eigenvalue weighted by Crippen LogP contribution is 2.13.